The largest absolute Gasteiger partial charge is 0.467 e. The Morgan fingerprint density at radius 2 is 2.00 bits per heavy atom. The molecule has 1 aromatic carbocycles. The van der Waals surface area contributed by atoms with Crippen molar-refractivity contribution < 1.29 is 9.21 Å². The molecule has 0 spiro atoms. The summed E-state index contributed by atoms with van der Waals surface area (Å²) in [5, 5.41) is 12.4. The van der Waals surface area contributed by atoms with Crippen molar-refractivity contribution in [1.82, 2.24) is 14.8 Å². The van der Waals surface area contributed by atoms with Gasteiger partial charge in [0.05, 0.1) is 18.6 Å². The van der Waals surface area contributed by atoms with Gasteiger partial charge in [0, 0.05) is 23.5 Å². The van der Waals surface area contributed by atoms with Gasteiger partial charge in [0.25, 0.3) is 0 Å². The van der Waals surface area contributed by atoms with Crippen molar-refractivity contribution in [3.05, 3.63) is 83.1 Å². The first-order valence-electron chi connectivity index (χ1n) is 9.56. The van der Waals surface area contributed by atoms with Crippen molar-refractivity contribution in [3.8, 4) is 0 Å². The number of ketones is 1. The van der Waals surface area contributed by atoms with Crippen LogP contribution in [0.4, 0.5) is 5.13 Å². The Morgan fingerprint density at radius 3 is 2.77 bits per heavy atom. The van der Waals surface area contributed by atoms with E-state index in [2.05, 4.69) is 32.2 Å². The molecule has 1 N–H and O–H groups in total. The molecule has 0 aliphatic carbocycles. The second kappa shape index (κ2) is 9.32. The smallest absolute Gasteiger partial charge is 0.206 e. The number of furan rings is 1. The maximum atomic E-state index is 12.8. The number of aromatic nitrogens is 3. The summed E-state index contributed by atoms with van der Waals surface area (Å²) in [6, 6.07) is 15.9. The van der Waals surface area contributed by atoms with E-state index in [1.807, 2.05) is 50.2 Å². The predicted octanol–water partition coefficient (Wildman–Crippen LogP) is 5.18. The van der Waals surface area contributed by atoms with E-state index < -0.39 is 0 Å². The van der Waals surface area contributed by atoms with Crippen LogP contribution in [-0.2, 0) is 13.1 Å². The number of carbonyl (C=O) groups excluding carboxylic acids is 1. The van der Waals surface area contributed by atoms with Gasteiger partial charge in [0.1, 0.15) is 5.76 Å². The molecule has 0 fully saturated rings. The zero-order valence-electron chi connectivity index (χ0n) is 16.8. The lowest BCUT2D eigenvalue weighted by Crippen LogP contribution is -2.07. The highest BCUT2D eigenvalue weighted by Crippen LogP contribution is 2.27. The third kappa shape index (κ3) is 4.83. The highest BCUT2D eigenvalue weighted by Gasteiger charge is 2.17. The lowest BCUT2D eigenvalue weighted by Gasteiger charge is -2.07. The number of rotatable bonds is 9. The van der Waals surface area contributed by atoms with Gasteiger partial charge in [-0.25, -0.2) is 0 Å². The van der Waals surface area contributed by atoms with Crippen molar-refractivity contribution in [3.63, 3.8) is 0 Å². The van der Waals surface area contributed by atoms with E-state index in [9.17, 15) is 4.79 Å². The van der Waals surface area contributed by atoms with E-state index in [1.54, 1.807) is 6.26 Å². The van der Waals surface area contributed by atoms with Crippen LogP contribution in [0.2, 0.25) is 0 Å². The molecule has 6 nitrogen and oxygen atoms in total. The molecular weight excluding hydrogens is 416 g/mol. The Kier molecular flexibility index (Phi) is 6.35. The summed E-state index contributed by atoms with van der Waals surface area (Å²) in [5.41, 5.74) is 3.93. The van der Waals surface area contributed by atoms with Gasteiger partial charge in [-0.3, -0.25) is 4.79 Å². The van der Waals surface area contributed by atoms with Crippen LogP contribution in [0.25, 0.3) is 0 Å². The van der Waals surface area contributed by atoms with Gasteiger partial charge in [0.15, 0.2) is 10.1 Å². The molecule has 0 radical (unpaired) electrons. The third-order valence-corrected chi connectivity index (χ3v) is 6.80. The second-order valence-corrected chi connectivity index (χ2v) is 9.07. The predicted molar refractivity (Wildman–Crippen MR) is 120 cm³/mol. The zero-order valence-corrected chi connectivity index (χ0v) is 18.4. The lowest BCUT2D eigenvalue weighted by atomic mass is 10.2. The monoisotopic (exact) mass is 438 g/mol. The summed E-state index contributed by atoms with van der Waals surface area (Å²) < 4.78 is 8.33. The Labute approximate surface area is 183 Å². The summed E-state index contributed by atoms with van der Waals surface area (Å²) in [4.78, 5) is 12.8. The molecule has 30 heavy (non-hydrogen) atoms. The third-order valence-electron chi connectivity index (χ3n) is 4.79. The van der Waals surface area contributed by atoms with Crippen LogP contribution in [0.3, 0.4) is 0 Å². The van der Waals surface area contributed by atoms with Crippen LogP contribution >= 0.6 is 23.1 Å². The minimum atomic E-state index is 0.0905. The summed E-state index contributed by atoms with van der Waals surface area (Å²) in [6.07, 6.45) is 1.66. The first kappa shape index (κ1) is 20.4. The number of Topliss-reactive ketones (excluding diaryl/α,β-unsaturated/α-hetero) is 1. The van der Waals surface area contributed by atoms with Gasteiger partial charge in [-0.15, -0.1) is 10.2 Å². The van der Waals surface area contributed by atoms with E-state index in [4.69, 9.17) is 4.42 Å². The van der Waals surface area contributed by atoms with E-state index in [0.717, 1.165) is 32.2 Å². The van der Waals surface area contributed by atoms with Gasteiger partial charge in [-0.1, -0.05) is 53.4 Å². The molecule has 3 heterocycles. The van der Waals surface area contributed by atoms with Gasteiger partial charge < -0.3 is 14.3 Å². The molecule has 4 rings (SSSR count). The van der Waals surface area contributed by atoms with Crippen LogP contribution in [0.1, 0.15) is 33.1 Å². The molecule has 0 aliphatic rings. The zero-order chi connectivity index (χ0) is 20.9. The van der Waals surface area contributed by atoms with E-state index in [-0.39, 0.29) is 5.78 Å². The van der Waals surface area contributed by atoms with Crippen LogP contribution in [-0.4, -0.2) is 26.3 Å². The first-order valence-corrected chi connectivity index (χ1v) is 11.4. The Morgan fingerprint density at radius 1 is 1.17 bits per heavy atom. The molecule has 0 amide bonds. The van der Waals surface area contributed by atoms with Crippen LogP contribution < -0.4 is 5.32 Å². The van der Waals surface area contributed by atoms with Gasteiger partial charge >= 0.3 is 0 Å². The number of thioether (sulfide) groups is 1. The summed E-state index contributed by atoms with van der Waals surface area (Å²) in [5.74, 6) is 1.29. The summed E-state index contributed by atoms with van der Waals surface area (Å²) in [7, 11) is 0. The number of aryl methyl sites for hydroxylation is 1. The highest BCUT2D eigenvalue weighted by molar-refractivity contribution is 8.01. The van der Waals surface area contributed by atoms with Crippen molar-refractivity contribution in [2.75, 3.05) is 11.1 Å². The molecule has 0 aliphatic heterocycles. The fraction of sp³-hybridized carbons (Fsp3) is 0.227. The Hall–Kier alpha value is -2.84. The molecule has 0 atom stereocenters. The summed E-state index contributed by atoms with van der Waals surface area (Å²) >= 11 is 2.89. The molecule has 0 bridgehead atoms. The molecular formula is C22H22N4O2S2. The fourth-order valence-electron chi connectivity index (χ4n) is 3.20. The van der Waals surface area contributed by atoms with E-state index in [0.29, 0.717) is 18.8 Å². The number of hydrogen-bond donors (Lipinski definition) is 1. The van der Waals surface area contributed by atoms with Crippen LogP contribution in [0.5, 0.6) is 0 Å². The Balaban J connectivity index is 1.34. The Bertz CT molecular complexity index is 1120. The topological polar surface area (TPSA) is 73.0 Å². The fourth-order valence-corrected chi connectivity index (χ4v) is 4.83. The van der Waals surface area contributed by atoms with Crippen molar-refractivity contribution in [1.29, 1.82) is 0 Å². The SMILES string of the molecule is Cc1cc(C(=O)CSc2nnc(NCc3ccccc3)s2)c(C)n1Cc1ccco1. The number of benzene rings is 1. The van der Waals surface area contributed by atoms with Gasteiger partial charge in [-0.05, 0) is 37.6 Å². The molecule has 0 saturated heterocycles. The van der Waals surface area contributed by atoms with Gasteiger partial charge in [0.2, 0.25) is 5.13 Å². The number of carbonyl (C=O) groups is 1. The minimum absolute atomic E-state index is 0.0905. The normalized spacial score (nSPS) is 11.0. The average Bonchev–Trinajstić information content (AvgIpc) is 3.49. The molecule has 3 aromatic heterocycles. The van der Waals surface area contributed by atoms with Crippen molar-refractivity contribution in [2.45, 2.75) is 31.3 Å². The van der Waals surface area contributed by atoms with E-state index >= 15 is 0 Å². The summed E-state index contributed by atoms with van der Waals surface area (Å²) in [6.45, 7) is 5.30. The lowest BCUT2D eigenvalue weighted by molar-refractivity contribution is 0.102. The molecule has 154 valence electrons. The molecule has 4 aromatic rings. The van der Waals surface area contributed by atoms with E-state index in [1.165, 1.54) is 28.7 Å². The minimum Gasteiger partial charge on any atom is -0.467 e. The number of nitrogens with zero attached hydrogens (tertiary/aromatic N) is 3. The quantitative estimate of drug-likeness (QED) is 0.287. The molecule has 0 unspecified atom stereocenters. The van der Waals surface area contributed by atoms with Gasteiger partial charge in [-0.2, -0.15) is 0 Å². The first-order chi connectivity index (χ1) is 14.6. The molecule has 0 saturated carbocycles. The van der Waals surface area contributed by atoms with Crippen molar-refractivity contribution in [2.24, 2.45) is 0 Å². The standard InChI is InChI=1S/C22H22N4O2S2/c1-15-11-19(16(2)26(15)13-18-9-6-10-28-18)20(27)14-29-22-25-24-21(30-22)23-12-17-7-4-3-5-8-17/h3-11H,12-14H2,1-2H3,(H,23,24). The van der Waals surface area contributed by atoms with Crippen LogP contribution in [0, 0.1) is 13.8 Å². The number of anilines is 1. The van der Waals surface area contributed by atoms with Crippen LogP contribution in [0.15, 0.2) is 63.6 Å². The maximum Gasteiger partial charge on any atom is 0.206 e. The average molecular weight is 439 g/mol. The second-order valence-electron chi connectivity index (χ2n) is 6.87. The molecule has 8 heteroatoms. The maximum absolute atomic E-state index is 12.8. The highest BCUT2D eigenvalue weighted by atomic mass is 32.2. The van der Waals surface area contributed by atoms with Crippen molar-refractivity contribution >= 4 is 34.0 Å². The number of nitrogens with one attached hydrogen (secondary N) is 1. The number of hydrogen-bond acceptors (Lipinski definition) is 7.